The molecule has 2 saturated heterocycles. The number of piperazine rings is 1. The van der Waals surface area contributed by atoms with Gasteiger partial charge in [-0.1, -0.05) is 0 Å². The number of carbonyl (C=O) groups excluding carboxylic acids is 2. The minimum Gasteiger partial charge on any atom is -0.481 e. The Morgan fingerprint density at radius 2 is 1.71 bits per heavy atom. The first-order chi connectivity index (χ1) is 16.3. The monoisotopic (exact) mass is 509 g/mol. The van der Waals surface area contributed by atoms with Gasteiger partial charge in [0.1, 0.15) is 6.04 Å². The predicted octanol–water partition coefficient (Wildman–Crippen LogP) is -0.788. The van der Waals surface area contributed by atoms with Crippen LogP contribution in [0.1, 0.15) is 12.8 Å². The lowest BCUT2D eigenvalue weighted by Gasteiger charge is -2.54. The average Bonchev–Trinajstić information content (AvgIpc) is 3.07. The minimum absolute atomic E-state index is 0.0984. The van der Waals surface area contributed by atoms with E-state index in [2.05, 4.69) is 6.07 Å². The summed E-state index contributed by atoms with van der Waals surface area (Å²) < 4.78 is 0. The Labute approximate surface area is 205 Å². The number of hydrogen-bond donors (Lipinski definition) is 4. The maximum absolute atomic E-state index is 13.7. The summed E-state index contributed by atoms with van der Waals surface area (Å²) in [6.07, 6.45) is 0.376. The van der Waals surface area contributed by atoms with Gasteiger partial charge >= 0.3 is 5.97 Å². The summed E-state index contributed by atoms with van der Waals surface area (Å²) in [5.74, 6) is -2.06. The van der Waals surface area contributed by atoms with Crippen molar-refractivity contribution in [2.24, 2.45) is 5.92 Å². The summed E-state index contributed by atoms with van der Waals surface area (Å²) in [4.78, 5) is 43.4. The van der Waals surface area contributed by atoms with E-state index in [1.165, 1.54) is 0 Å². The van der Waals surface area contributed by atoms with Crippen LogP contribution in [0, 0.1) is 17.2 Å². The van der Waals surface area contributed by atoms with Gasteiger partial charge in [-0.05, 0) is 19.9 Å². The Kier molecular flexibility index (Phi) is 7.54. The number of allylic oxidation sites excluding steroid dienone is 2. The number of carboxylic acid groups (broad SMARTS) is 1. The van der Waals surface area contributed by atoms with Crippen LogP contribution in [-0.2, 0) is 14.4 Å². The molecule has 4 rings (SSSR count). The first-order valence-electron chi connectivity index (χ1n) is 11.1. The summed E-state index contributed by atoms with van der Waals surface area (Å²) in [6, 6.07) is -0.752. The van der Waals surface area contributed by atoms with Crippen LogP contribution in [0.15, 0.2) is 21.0 Å². The van der Waals surface area contributed by atoms with E-state index in [-0.39, 0.29) is 70.3 Å². The second-order valence-electron chi connectivity index (χ2n) is 8.75. The highest BCUT2D eigenvalue weighted by molar-refractivity contribution is 8.08. The molecular formula is C22H27N3O7S2. The average molecular weight is 510 g/mol. The number of ketones is 2. The summed E-state index contributed by atoms with van der Waals surface area (Å²) in [5, 5.41) is 48.9. The van der Waals surface area contributed by atoms with Gasteiger partial charge in [0, 0.05) is 40.8 Å². The van der Waals surface area contributed by atoms with Gasteiger partial charge in [-0.2, -0.15) is 5.26 Å². The molecule has 0 saturated carbocycles. The summed E-state index contributed by atoms with van der Waals surface area (Å²) >= 11 is 2.14. The van der Waals surface area contributed by atoms with Crippen molar-refractivity contribution in [3.05, 3.63) is 21.0 Å². The first-order valence-corrected chi connectivity index (χ1v) is 13.1. The molecular weight excluding hydrogens is 482 g/mol. The molecule has 0 amide bonds. The fourth-order valence-corrected chi connectivity index (χ4v) is 7.86. The van der Waals surface area contributed by atoms with Gasteiger partial charge < -0.3 is 20.4 Å². The standard InChI is InChI=1S/C22H27N3O7S2/c1-24-12-7-11(22(31)32)17(24)13-6-10-16(15(9-28)25(13)14(12)8-23)19(30)21(34-5-3-27)20(18(10)29)33-4-2-26/h11-15,17,26-28H,2-7,9H2,1H3,(H,31,32)/t11-,12+,13+,14?,15+,17-/m1/s1. The lowest BCUT2D eigenvalue weighted by atomic mass is 9.76. The van der Waals surface area contributed by atoms with Crippen molar-refractivity contribution in [2.45, 2.75) is 43.1 Å². The van der Waals surface area contributed by atoms with Crippen molar-refractivity contribution in [2.75, 3.05) is 38.4 Å². The Bertz CT molecular complexity index is 1010. The number of rotatable bonds is 8. The molecule has 1 unspecified atom stereocenters. The number of Topliss-reactive ketones (excluding diaryl/α,β-unsaturated/α-hetero) is 2. The molecule has 34 heavy (non-hydrogen) atoms. The molecule has 2 fully saturated rings. The summed E-state index contributed by atoms with van der Waals surface area (Å²) in [6.45, 7) is -0.877. The number of carboxylic acids is 1. The number of carbonyl (C=O) groups is 3. The van der Waals surface area contributed by atoms with Crippen LogP contribution in [0.5, 0.6) is 0 Å². The number of fused-ring (bicyclic) bond motifs is 4. The van der Waals surface area contributed by atoms with Crippen LogP contribution >= 0.6 is 23.5 Å². The second kappa shape index (κ2) is 10.1. The highest BCUT2D eigenvalue weighted by Crippen LogP contribution is 2.50. The number of aliphatic hydroxyl groups excluding tert-OH is 3. The number of thioether (sulfide) groups is 2. The third-order valence-corrected chi connectivity index (χ3v) is 9.49. The van der Waals surface area contributed by atoms with Crippen molar-refractivity contribution in [3.8, 4) is 6.07 Å². The zero-order valence-electron chi connectivity index (χ0n) is 18.6. The SMILES string of the molecule is CN1[C@@H]2[C@H](C(=O)O)C[C@H]1C(C#N)N1[C@@H](CO)C3=C(C[C@@H]21)C(=O)C(SCCO)=C(SCCO)C3=O. The zero-order valence-corrected chi connectivity index (χ0v) is 20.2. The lowest BCUT2D eigenvalue weighted by molar-refractivity contribution is -0.144. The van der Waals surface area contributed by atoms with E-state index >= 15 is 0 Å². The van der Waals surface area contributed by atoms with Crippen molar-refractivity contribution >= 4 is 41.1 Å². The Hall–Kier alpha value is -1.72. The fraction of sp³-hybridized carbons (Fsp3) is 0.636. The number of aliphatic carboxylic acids is 1. The number of nitrogens with zero attached hydrogens (tertiary/aromatic N) is 3. The van der Waals surface area contributed by atoms with Crippen LogP contribution in [0.4, 0.5) is 0 Å². The van der Waals surface area contributed by atoms with Crippen LogP contribution in [-0.4, -0.2) is 116 Å². The number of likely N-dealkylation sites (N-methyl/N-ethyl adjacent to an activating group) is 1. The van der Waals surface area contributed by atoms with Gasteiger partial charge in [-0.3, -0.25) is 24.2 Å². The van der Waals surface area contributed by atoms with E-state index in [0.29, 0.717) is 0 Å². The quantitative estimate of drug-likeness (QED) is 0.302. The third-order valence-electron chi connectivity index (χ3n) is 7.23. The van der Waals surface area contributed by atoms with Crippen molar-refractivity contribution in [1.82, 2.24) is 9.80 Å². The molecule has 184 valence electrons. The highest BCUT2D eigenvalue weighted by Gasteiger charge is 2.61. The molecule has 1 aliphatic carbocycles. The Morgan fingerprint density at radius 3 is 2.24 bits per heavy atom. The molecule has 0 aromatic heterocycles. The van der Waals surface area contributed by atoms with Gasteiger partial charge in [0.25, 0.3) is 0 Å². The first kappa shape index (κ1) is 25.4. The van der Waals surface area contributed by atoms with Gasteiger partial charge in [-0.25, -0.2) is 0 Å². The van der Waals surface area contributed by atoms with Crippen LogP contribution in [0.2, 0.25) is 0 Å². The van der Waals surface area contributed by atoms with Crippen LogP contribution < -0.4 is 0 Å². The van der Waals surface area contributed by atoms with E-state index < -0.39 is 48.4 Å². The normalized spacial score (nSPS) is 33.7. The number of nitriles is 1. The second-order valence-corrected chi connectivity index (χ2v) is 11.0. The third kappa shape index (κ3) is 3.83. The summed E-state index contributed by atoms with van der Waals surface area (Å²) in [7, 11) is 1.79. The molecule has 12 heteroatoms. The molecule has 4 N–H and O–H groups in total. The van der Waals surface area contributed by atoms with Crippen molar-refractivity contribution in [1.29, 1.82) is 5.26 Å². The highest BCUT2D eigenvalue weighted by atomic mass is 32.2. The smallest absolute Gasteiger partial charge is 0.308 e. The molecule has 3 aliphatic heterocycles. The number of aliphatic hydroxyl groups is 3. The fourth-order valence-electron chi connectivity index (χ4n) is 5.98. The maximum Gasteiger partial charge on any atom is 0.308 e. The van der Waals surface area contributed by atoms with E-state index in [4.69, 9.17) is 0 Å². The lowest BCUT2D eigenvalue weighted by Crippen LogP contribution is -2.69. The van der Waals surface area contributed by atoms with Crippen LogP contribution in [0.3, 0.4) is 0 Å². The molecule has 10 nitrogen and oxygen atoms in total. The van der Waals surface area contributed by atoms with Crippen molar-refractivity contribution in [3.63, 3.8) is 0 Å². The van der Waals surface area contributed by atoms with E-state index in [0.717, 1.165) is 23.5 Å². The van der Waals surface area contributed by atoms with Gasteiger partial charge in [0.05, 0.1) is 47.7 Å². The Balaban J connectivity index is 1.82. The topological polar surface area (TPSA) is 162 Å². The minimum atomic E-state index is -0.967. The molecule has 3 heterocycles. The molecule has 0 aromatic rings. The Morgan fingerprint density at radius 1 is 1.09 bits per heavy atom. The predicted molar refractivity (Wildman–Crippen MR) is 125 cm³/mol. The van der Waals surface area contributed by atoms with E-state index in [1.807, 2.05) is 4.90 Å². The van der Waals surface area contributed by atoms with E-state index in [9.17, 15) is 40.1 Å². The van der Waals surface area contributed by atoms with E-state index in [1.54, 1.807) is 11.9 Å². The largest absolute Gasteiger partial charge is 0.481 e. The van der Waals surface area contributed by atoms with Crippen LogP contribution in [0.25, 0.3) is 0 Å². The summed E-state index contributed by atoms with van der Waals surface area (Å²) in [5.41, 5.74) is 0.410. The van der Waals surface area contributed by atoms with Gasteiger partial charge in [-0.15, -0.1) is 23.5 Å². The molecule has 4 aliphatic rings. The maximum atomic E-state index is 13.7. The number of hydrogen-bond acceptors (Lipinski definition) is 11. The van der Waals surface area contributed by atoms with Crippen molar-refractivity contribution < 1.29 is 34.8 Å². The molecule has 2 bridgehead atoms. The molecule has 0 radical (unpaired) electrons. The molecule has 6 atom stereocenters. The van der Waals surface area contributed by atoms with Gasteiger partial charge in [0.15, 0.2) is 11.6 Å². The zero-order chi connectivity index (χ0) is 24.7. The van der Waals surface area contributed by atoms with Gasteiger partial charge in [0.2, 0.25) is 0 Å². The molecule has 0 aromatic carbocycles. The molecule has 0 spiro atoms.